The standard InChI is InChI=1S/C14H16N4O3S.ClH/c1-9(7-15)17(2)14(19)12-8-22-13(16-12)10-4-3-5-11(6-10)18(20)21;/h3-6,8-9H,7,15H2,1-2H3;1H. The number of benzene rings is 1. The molecule has 0 fully saturated rings. The maximum atomic E-state index is 12.3. The summed E-state index contributed by atoms with van der Waals surface area (Å²) in [5.41, 5.74) is 6.48. The first kappa shape index (κ1) is 19.0. The van der Waals surface area contributed by atoms with Crippen molar-refractivity contribution >= 4 is 35.3 Å². The van der Waals surface area contributed by atoms with Gasteiger partial charge in [0, 0.05) is 42.7 Å². The van der Waals surface area contributed by atoms with Crippen LogP contribution in [0.25, 0.3) is 10.6 Å². The van der Waals surface area contributed by atoms with Gasteiger partial charge in [-0.05, 0) is 6.92 Å². The second-order valence-corrected chi connectivity index (χ2v) is 5.70. The summed E-state index contributed by atoms with van der Waals surface area (Å²) in [7, 11) is 1.67. The van der Waals surface area contributed by atoms with Gasteiger partial charge in [0.2, 0.25) is 0 Å². The van der Waals surface area contributed by atoms with Crippen molar-refractivity contribution < 1.29 is 9.72 Å². The van der Waals surface area contributed by atoms with Crippen LogP contribution in [0, 0.1) is 10.1 Å². The fourth-order valence-corrected chi connectivity index (χ4v) is 2.59. The van der Waals surface area contributed by atoms with E-state index >= 15 is 0 Å². The third kappa shape index (κ3) is 4.25. The monoisotopic (exact) mass is 356 g/mol. The van der Waals surface area contributed by atoms with Crippen molar-refractivity contribution in [1.29, 1.82) is 0 Å². The highest BCUT2D eigenvalue weighted by molar-refractivity contribution is 7.13. The molecular formula is C14H17ClN4O3S. The van der Waals surface area contributed by atoms with Crippen molar-refractivity contribution in [2.75, 3.05) is 13.6 Å². The number of nitrogens with zero attached hydrogens (tertiary/aromatic N) is 3. The van der Waals surface area contributed by atoms with Gasteiger partial charge in [-0.1, -0.05) is 12.1 Å². The number of nitrogens with two attached hydrogens (primary N) is 1. The largest absolute Gasteiger partial charge is 0.336 e. The summed E-state index contributed by atoms with van der Waals surface area (Å²) in [5.74, 6) is -0.217. The summed E-state index contributed by atoms with van der Waals surface area (Å²) < 4.78 is 0. The van der Waals surface area contributed by atoms with Crippen LogP contribution in [0.3, 0.4) is 0 Å². The van der Waals surface area contributed by atoms with Crippen molar-refractivity contribution in [2.45, 2.75) is 13.0 Å². The van der Waals surface area contributed by atoms with Crippen LogP contribution in [0.15, 0.2) is 29.6 Å². The Hall–Kier alpha value is -2.03. The Balaban J connectivity index is 0.00000264. The lowest BCUT2D eigenvalue weighted by atomic mass is 10.2. The number of nitro benzene ring substituents is 1. The Kier molecular flexibility index (Phi) is 6.62. The van der Waals surface area contributed by atoms with Crippen molar-refractivity contribution in [3.05, 3.63) is 45.5 Å². The summed E-state index contributed by atoms with van der Waals surface area (Å²) in [6.07, 6.45) is 0. The molecule has 0 radical (unpaired) electrons. The lowest BCUT2D eigenvalue weighted by Gasteiger charge is -2.22. The highest BCUT2D eigenvalue weighted by Crippen LogP contribution is 2.27. The van der Waals surface area contributed by atoms with E-state index in [4.69, 9.17) is 5.73 Å². The molecule has 0 saturated heterocycles. The first-order chi connectivity index (χ1) is 10.4. The molecule has 1 aromatic heterocycles. The topological polar surface area (TPSA) is 102 Å². The number of hydrogen-bond donors (Lipinski definition) is 1. The van der Waals surface area contributed by atoms with Gasteiger partial charge < -0.3 is 10.6 Å². The van der Waals surface area contributed by atoms with Crippen molar-refractivity contribution in [1.82, 2.24) is 9.88 Å². The van der Waals surface area contributed by atoms with E-state index in [0.717, 1.165) is 0 Å². The average molecular weight is 357 g/mol. The Morgan fingerprint density at radius 3 is 2.83 bits per heavy atom. The predicted octanol–water partition coefficient (Wildman–Crippen LogP) is 2.56. The first-order valence-corrected chi connectivity index (χ1v) is 7.49. The summed E-state index contributed by atoms with van der Waals surface area (Å²) in [5, 5.41) is 13.0. The zero-order valence-electron chi connectivity index (χ0n) is 12.6. The van der Waals surface area contributed by atoms with E-state index in [1.165, 1.54) is 28.4 Å². The molecule has 0 spiro atoms. The van der Waals surface area contributed by atoms with Gasteiger partial charge in [0.15, 0.2) is 0 Å². The van der Waals surface area contributed by atoms with Crippen LogP contribution < -0.4 is 5.73 Å². The van der Waals surface area contributed by atoms with Crippen molar-refractivity contribution in [3.63, 3.8) is 0 Å². The van der Waals surface area contributed by atoms with Gasteiger partial charge in [0.05, 0.1) is 4.92 Å². The summed E-state index contributed by atoms with van der Waals surface area (Å²) in [6, 6.07) is 6.10. The first-order valence-electron chi connectivity index (χ1n) is 6.61. The molecule has 0 bridgehead atoms. The maximum absolute atomic E-state index is 12.3. The molecule has 124 valence electrons. The number of thiazole rings is 1. The van der Waals surface area contributed by atoms with Crippen LogP contribution in [0.1, 0.15) is 17.4 Å². The van der Waals surface area contributed by atoms with Gasteiger partial charge >= 0.3 is 0 Å². The van der Waals surface area contributed by atoms with Crippen molar-refractivity contribution in [2.24, 2.45) is 5.73 Å². The van der Waals surface area contributed by atoms with Crippen LogP contribution in [0.5, 0.6) is 0 Å². The number of non-ortho nitro benzene ring substituents is 1. The van der Waals surface area contributed by atoms with Crippen LogP contribution in [-0.2, 0) is 0 Å². The van der Waals surface area contributed by atoms with E-state index < -0.39 is 4.92 Å². The molecule has 1 amide bonds. The van der Waals surface area contributed by atoms with E-state index in [2.05, 4.69) is 4.98 Å². The maximum Gasteiger partial charge on any atom is 0.273 e. The fraction of sp³-hybridized carbons (Fsp3) is 0.286. The molecule has 7 nitrogen and oxygen atoms in total. The normalized spacial score (nSPS) is 11.4. The molecule has 1 unspecified atom stereocenters. The Labute approximate surface area is 143 Å². The van der Waals surface area contributed by atoms with E-state index in [1.54, 1.807) is 24.6 Å². The lowest BCUT2D eigenvalue weighted by Crippen LogP contribution is -2.39. The van der Waals surface area contributed by atoms with Gasteiger partial charge in [-0.3, -0.25) is 14.9 Å². The molecule has 2 aromatic rings. The smallest absolute Gasteiger partial charge is 0.273 e. The molecule has 9 heteroatoms. The minimum atomic E-state index is -0.458. The van der Waals surface area contributed by atoms with Crippen LogP contribution in [0.2, 0.25) is 0 Å². The van der Waals surface area contributed by atoms with E-state index in [9.17, 15) is 14.9 Å². The van der Waals surface area contributed by atoms with Gasteiger partial charge in [0.25, 0.3) is 11.6 Å². The molecule has 0 saturated carbocycles. The average Bonchev–Trinajstić information content (AvgIpc) is 3.02. The molecule has 1 atom stereocenters. The predicted molar refractivity (Wildman–Crippen MR) is 92.1 cm³/mol. The Morgan fingerprint density at radius 2 is 2.22 bits per heavy atom. The summed E-state index contributed by atoms with van der Waals surface area (Å²) >= 11 is 1.28. The number of carbonyl (C=O) groups excluding carboxylic acids is 1. The second-order valence-electron chi connectivity index (χ2n) is 4.85. The van der Waals surface area contributed by atoms with E-state index in [1.807, 2.05) is 6.92 Å². The number of halogens is 1. The minimum absolute atomic E-state index is 0. The fourth-order valence-electron chi connectivity index (χ4n) is 1.80. The number of amides is 1. The van der Waals surface area contributed by atoms with Gasteiger partial charge in [-0.25, -0.2) is 4.98 Å². The summed E-state index contributed by atoms with van der Waals surface area (Å²) in [6.45, 7) is 2.22. The highest BCUT2D eigenvalue weighted by atomic mass is 35.5. The molecule has 2 rings (SSSR count). The van der Waals surface area contributed by atoms with Gasteiger partial charge in [-0.2, -0.15) is 0 Å². The molecule has 23 heavy (non-hydrogen) atoms. The summed E-state index contributed by atoms with van der Waals surface area (Å²) in [4.78, 5) is 28.4. The molecule has 1 heterocycles. The van der Waals surface area contributed by atoms with E-state index in [-0.39, 0.29) is 30.0 Å². The highest BCUT2D eigenvalue weighted by Gasteiger charge is 2.20. The molecule has 0 aliphatic rings. The van der Waals surface area contributed by atoms with Crippen LogP contribution in [-0.4, -0.2) is 40.3 Å². The number of rotatable bonds is 5. The second kappa shape index (κ2) is 8.00. The molecule has 0 aliphatic carbocycles. The van der Waals surface area contributed by atoms with E-state index in [0.29, 0.717) is 22.8 Å². The lowest BCUT2D eigenvalue weighted by molar-refractivity contribution is -0.384. The third-order valence-corrected chi connectivity index (χ3v) is 4.24. The molecule has 2 N–H and O–H groups in total. The molecular weight excluding hydrogens is 340 g/mol. The number of hydrogen-bond acceptors (Lipinski definition) is 6. The third-order valence-electron chi connectivity index (χ3n) is 3.35. The Bertz CT molecular complexity index is 707. The SMILES string of the molecule is CC(CN)N(C)C(=O)c1csc(-c2cccc([N+](=O)[O-])c2)n1.Cl. The quantitative estimate of drug-likeness (QED) is 0.655. The van der Waals surface area contributed by atoms with Gasteiger partial charge in [0.1, 0.15) is 10.7 Å². The number of likely N-dealkylation sites (N-methyl/N-ethyl adjacent to an activating group) is 1. The minimum Gasteiger partial charge on any atom is -0.336 e. The van der Waals surface area contributed by atoms with Crippen LogP contribution >= 0.6 is 23.7 Å². The van der Waals surface area contributed by atoms with Crippen LogP contribution in [0.4, 0.5) is 5.69 Å². The van der Waals surface area contributed by atoms with Crippen molar-refractivity contribution in [3.8, 4) is 10.6 Å². The molecule has 1 aromatic carbocycles. The number of carbonyl (C=O) groups is 1. The zero-order valence-corrected chi connectivity index (χ0v) is 14.3. The molecule has 0 aliphatic heterocycles. The Morgan fingerprint density at radius 1 is 1.52 bits per heavy atom. The zero-order chi connectivity index (χ0) is 16.3. The van der Waals surface area contributed by atoms with Gasteiger partial charge in [-0.15, -0.1) is 23.7 Å². The number of aromatic nitrogens is 1. The number of nitro groups is 1.